The van der Waals surface area contributed by atoms with Gasteiger partial charge in [-0.3, -0.25) is 0 Å². The van der Waals surface area contributed by atoms with Crippen molar-refractivity contribution in [3.8, 4) is 0 Å². The van der Waals surface area contributed by atoms with Crippen LogP contribution in [0.4, 0.5) is 0 Å². The minimum absolute atomic E-state index is 0.0754. The third-order valence-corrected chi connectivity index (χ3v) is 2.60. The lowest BCUT2D eigenvalue weighted by atomic mass is 10.1. The van der Waals surface area contributed by atoms with Crippen LogP contribution in [0.15, 0.2) is 0 Å². The summed E-state index contributed by atoms with van der Waals surface area (Å²) in [7, 11) is 0. The minimum atomic E-state index is 0.0754. The largest absolute Gasteiger partial charge is 0.329 e. The summed E-state index contributed by atoms with van der Waals surface area (Å²) in [4.78, 5) is 1.66. The van der Waals surface area contributed by atoms with E-state index in [1.165, 1.54) is 0 Å². The molecule has 13 heavy (non-hydrogen) atoms. The van der Waals surface area contributed by atoms with E-state index < -0.39 is 0 Å². The fourth-order valence-corrected chi connectivity index (χ4v) is 1.42. The normalized spacial score (nSPS) is 18.9. The molecule has 0 unspecified atom stereocenters. The molecule has 0 bridgehead atoms. The van der Waals surface area contributed by atoms with Crippen LogP contribution in [0, 0.1) is 0 Å². The third-order valence-electron chi connectivity index (χ3n) is 2.60. The SMILES string of the molecule is CCCn1nnc(C2(CN)CC2)n1. The fraction of sp³-hybridized carbons (Fsp3) is 0.875. The lowest BCUT2D eigenvalue weighted by molar-refractivity contribution is 0.509. The molecule has 0 aliphatic heterocycles. The summed E-state index contributed by atoms with van der Waals surface area (Å²) < 4.78 is 0. The van der Waals surface area contributed by atoms with Gasteiger partial charge in [-0.05, 0) is 24.5 Å². The van der Waals surface area contributed by atoms with Crippen molar-refractivity contribution in [2.75, 3.05) is 6.54 Å². The van der Waals surface area contributed by atoms with Gasteiger partial charge in [0.1, 0.15) is 0 Å². The molecule has 1 aliphatic rings. The molecule has 72 valence electrons. The van der Waals surface area contributed by atoms with E-state index in [0.29, 0.717) is 6.54 Å². The molecule has 0 spiro atoms. The molecule has 2 rings (SSSR count). The summed E-state index contributed by atoms with van der Waals surface area (Å²) in [6.07, 6.45) is 3.26. The lowest BCUT2D eigenvalue weighted by Gasteiger charge is -2.04. The van der Waals surface area contributed by atoms with Crippen molar-refractivity contribution in [3.05, 3.63) is 5.82 Å². The smallest absolute Gasteiger partial charge is 0.182 e. The van der Waals surface area contributed by atoms with Gasteiger partial charge >= 0.3 is 0 Å². The predicted molar refractivity (Wildman–Crippen MR) is 48.1 cm³/mol. The molecule has 0 atom stereocenters. The monoisotopic (exact) mass is 181 g/mol. The Balaban J connectivity index is 2.13. The number of hydrogen-bond donors (Lipinski definition) is 1. The highest BCUT2D eigenvalue weighted by Crippen LogP contribution is 2.45. The Labute approximate surface area is 77.3 Å². The van der Waals surface area contributed by atoms with Crippen LogP contribution >= 0.6 is 0 Å². The maximum Gasteiger partial charge on any atom is 0.182 e. The van der Waals surface area contributed by atoms with Crippen LogP contribution in [-0.2, 0) is 12.0 Å². The number of hydrogen-bond acceptors (Lipinski definition) is 4. The van der Waals surface area contributed by atoms with Crippen molar-refractivity contribution in [1.82, 2.24) is 20.2 Å². The summed E-state index contributed by atoms with van der Waals surface area (Å²) in [6.45, 7) is 3.58. The van der Waals surface area contributed by atoms with Crippen LogP contribution in [0.25, 0.3) is 0 Å². The van der Waals surface area contributed by atoms with Gasteiger partial charge in [0.05, 0.1) is 6.54 Å². The Morgan fingerprint density at radius 1 is 1.54 bits per heavy atom. The summed E-state index contributed by atoms with van der Waals surface area (Å²) in [5, 5.41) is 12.3. The van der Waals surface area contributed by atoms with E-state index in [4.69, 9.17) is 5.73 Å². The highest BCUT2D eigenvalue weighted by atomic mass is 15.6. The molecule has 1 fully saturated rings. The molecule has 0 aromatic carbocycles. The van der Waals surface area contributed by atoms with Crippen molar-refractivity contribution in [2.45, 2.75) is 38.1 Å². The quantitative estimate of drug-likeness (QED) is 0.713. The van der Waals surface area contributed by atoms with Gasteiger partial charge in [0.2, 0.25) is 0 Å². The molecule has 5 heteroatoms. The van der Waals surface area contributed by atoms with Gasteiger partial charge in [-0.2, -0.15) is 4.80 Å². The summed E-state index contributed by atoms with van der Waals surface area (Å²) >= 11 is 0. The summed E-state index contributed by atoms with van der Waals surface area (Å²) in [6, 6.07) is 0. The van der Waals surface area contributed by atoms with Crippen molar-refractivity contribution >= 4 is 0 Å². The predicted octanol–water partition coefficient (Wildman–Crippen LogP) is 0.0734. The summed E-state index contributed by atoms with van der Waals surface area (Å²) in [5.74, 6) is 0.837. The number of aromatic nitrogens is 4. The van der Waals surface area contributed by atoms with Gasteiger partial charge in [0.25, 0.3) is 0 Å². The Morgan fingerprint density at radius 2 is 2.31 bits per heavy atom. The topological polar surface area (TPSA) is 69.6 Å². The molecule has 1 saturated carbocycles. The Bertz CT molecular complexity index is 288. The molecule has 1 aromatic heterocycles. The van der Waals surface area contributed by atoms with Crippen molar-refractivity contribution in [2.24, 2.45) is 5.73 Å². The van der Waals surface area contributed by atoms with Crippen LogP contribution in [0.5, 0.6) is 0 Å². The highest BCUT2D eigenvalue weighted by Gasteiger charge is 2.47. The first-order valence-corrected chi connectivity index (χ1v) is 4.79. The Morgan fingerprint density at radius 3 is 2.85 bits per heavy atom. The zero-order valence-electron chi connectivity index (χ0n) is 7.90. The zero-order chi connectivity index (χ0) is 9.31. The van der Waals surface area contributed by atoms with Crippen molar-refractivity contribution in [1.29, 1.82) is 0 Å². The molecule has 0 saturated heterocycles. The van der Waals surface area contributed by atoms with Crippen LogP contribution < -0.4 is 5.73 Å². The fourth-order valence-electron chi connectivity index (χ4n) is 1.42. The number of aryl methyl sites for hydroxylation is 1. The van der Waals surface area contributed by atoms with E-state index in [1.54, 1.807) is 4.80 Å². The van der Waals surface area contributed by atoms with Gasteiger partial charge in [-0.1, -0.05) is 6.92 Å². The maximum absolute atomic E-state index is 5.67. The number of tetrazole rings is 1. The average molecular weight is 181 g/mol. The van der Waals surface area contributed by atoms with Crippen LogP contribution in [0.3, 0.4) is 0 Å². The van der Waals surface area contributed by atoms with Gasteiger partial charge in [0, 0.05) is 12.0 Å². The average Bonchev–Trinajstić information content (AvgIpc) is 2.82. The van der Waals surface area contributed by atoms with E-state index in [9.17, 15) is 0 Å². The van der Waals surface area contributed by atoms with Gasteiger partial charge in [-0.15, -0.1) is 10.2 Å². The Kier molecular flexibility index (Phi) is 2.03. The highest BCUT2D eigenvalue weighted by molar-refractivity contribution is 5.16. The van der Waals surface area contributed by atoms with Gasteiger partial charge in [-0.25, -0.2) is 0 Å². The molecule has 0 amide bonds. The molecular weight excluding hydrogens is 166 g/mol. The third kappa shape index (κ3) is 1.44. The van der Waals surface area contributed by atoms with E-state index in [2.05, 4.69) is 22.3 Å². The zero-order valence-corrected chi connectivity index (χ0v) is 7.90. The maximum atomic E-state index is 5.67. The first-order chi connectivity index (χ1) is 6.30. The van der Waals surface area contributed by atoms with Crippen LogP contribution in [0.1, 0.15) is 32.0 Å². The molecular formula is C8H15N5. The standard InChI is InChI=1S/C8H15N5/c1-2-5-13-11-7(10-12-13)8(6-9)3-4-8/h2-6,9H2,1H3. The Hall–Kier alpha value is -0.970. The minimum Gasteiger partial charge on any atom is -0.329 e. The van der Waals surface area contributed by atoms with Gasteiger partial charge in [0.15, 0.2) is 5.82 Å². The number of nitrogens with two attached hydrogens (primary N) is 1. The lowest BCUT2D eigenvalue weighted by Crippen LogP contribution is -2.21. The second kappa shape index (κ2) is 3.06. The molecule has 1 aliphatic carbocycles. The molecule has 1 aromatic rings. The molecule has 0 radical (unpaired) electrons. The van der Waals surface area contributed by atoms with Crippen LogP contribution in [0.2, 0.25) is 0 Å². The van der Waals surface area contributed by atoms with Crippen molar-refractivity contribution < 1.29 is 0 Å². The molecule has 2 N–H and O–H groups in total. The molecule has 1 heterocycles. The van der Waals surface area contributed by atoms with E-state index >= 15 is 0 Å². The first kappa shape index (κ1) is 8.62. The van der Waals surface area contributed by atoms with E-state index in [-0.39, 0.29) is 5.41 Å². The molecule has 5 nitrogen and oxygen atoms in total. The second-order valence-electron chi connectivity index (χ2n) is 3.69. The van der Waals surface area contributed by atoms with E-state index in [0.717, 1.165) is 31.6 Å². The van der Waals surface area contributed by atoms with Crippen molar-refractivity contribution in [3.63, 3.8) is 0 Å². The second-order valence-corrected chi connectivity index (χ2v) is 3.69. The van der Waals surface area contributed by atoms with E-state index in [1.807, 2.05) is 0 Å². The number of nitrogens with zero attached hydrogens (tertiary/aromatic N) is 4. The summed E-state index contributed by atoms with van der Waals surface area (Å²) in [5.41, 5.74) is 5.74. The first-order valence-electron chi connectivity index (χ1n) is 4.79. The number of rotatable bonds is 4. The van der Waals surface area contributed by atoms with Crippen LogP contribution in [-0.4, -0.2) is 26.8 Å². The van der Waals surface area contributed by atoms with Gasteiger partial charge < -0.3 is 5.73 Å².